The predicted molar refractivity (Wildman–Crippen MR) is 141 cm³/mol. The highest BCUT2D eigenvalue weighted by Gasteiger charge is 2.14. The zero-order valence-corrected chi connectivity index (χ0v) is 21.8. The van der Waals surface area contributed by atoms with Crippen molar-refractivity contribution in [2.75, 3.05) is 17.2 Å². The molecule has 0 atom stereocenters. The number of nitriles is 1. The highest BCUT2D eigenvalue weighted by Crippen LogP contribution is 2.35. The van der Waals surface area contributed by atoms with Crippen molar-refractivity contribution in [3.8, 4) is 11.8 Å². The minimum atomic E-state index is -0.551. The molecule has 0 fully saturated rings. The van der Waals surface area contributed by atoms with E-state index in [2.05, 4.69) is 42.5 Å². The summed E-state index contributed by atoms with van der Waals surface area (Å²) in [6.45, 7) is 1.70. The van der Waals surface area contributed by atoms with Crippen LogP contribution < -0.4 is 15.4 Å². The molecule has 6 nitrogen and oxygen atoms in total. The number of carbonyl (C=O) groups is 2. The Bertz CT molecular complexity index is 1280. The number of rotatable bonds is 7. The van der Waals surface area contributed by atoms with Crippen molar-refractivity contribution in [3.63, 3.8) is 0 Å². The molecule has 0 bridgehead atoms. The monoisotopic (exact) mass is 601 g/mol. The first-order valence-electron chi connectivity index (χ1n) is 9.93. The van der Waals surface area contributed by atoms with Gasteiger partial charge in [-0.25, -0.2) is 0 Å². The number of nitrogens with zero attached hydrogens (tertiary/aromatic N) is 1. The molecule has 0 saturated heterocycles. The number of amides is 2. The lowest BCUT2D eigenvalue weighted by molar-refractivity contribution is -0.118. The van der Waals surface area contributed by atoms with Crippen LogP contribution in [0.4, 0.5) is 11.4 Å². The summed E-state index contributed by atoms with van der Waals surface area (Å²) in [5.74, 6) is -0.436. The number of benzene rings is 3. The molecule has 2 N–H and O–H groups in total. The molecule has 0 saturated carbocycles. The number of ether oxygens (including phenoxy) is 1. The smallest absolute Gasteiger partial charge is 0.266 e. The minimum absolute atomic E-state index is 0.0833. The van der Waals surface area contributed by atoms with Gasteiger partial charge in [-0.3, -0.25) is 9.59 Å². The molecule has 0 radical (unpaired) electrons. The average Bonchev–Trinajstić information content (AvgIpc) is 2.80. The van der Waals surface area contributed by atoms with Gasteiger partial charge in [-0.1, -0.05) is 29.8 Å². The topological polar surface area (TPSA) is 91.2 Å². The number of carbonyl (C=O) groups excluding carboxylic acids is 2. The molecule has 0 heterocycles. The van der Waals surface area contributed by atoms with E-state index in [-0.39, 0.29) is 18.1 Å². The van der Waals surface area contributed by atoms with E-state index in [0.29, 0.717) is 31.0 Å². The Kier molecular flexibility index (Phi) is 8.88. The molecule has 3 aromatic rings. The molecule has 0 unspecified atom stereocenters. The average molecular weight is 604 g/mol. The summed E-state index contributed by atoms with van der Waals surface area (Å²) in [4.78, 5) is 24.8. The van der Waals surface area contributed by atoms with Crippen molar-refractivity contribution in [2.45, 2.75) is 6.92 Å². The molecule has 9 heteroatoms. The lowest BCUT2D eigenvalue weighted by atomic mass is 10.1. The first-order valence-corrected chi connectivity index (χ1v) is 11.9. The highest BCUT2D eigenvalue weighted by atomic mass is 79.9. The van der Waals surface area contributed by atoms with Crippen LogP contribution in [0, 0.1) is 18.3 Å². The van der Waals surface area contributed by atoms with Gasteiger partial charge in [0.15, 0.2) is 6.61 Å². The van der Waals surface area contributed by atoms with Gasteiger partial charge in [0.25, 0.3) is 11.8 Å². The quantitative estimate of drug-likeness (QED) is 0.231. The largest absolute Gasteiger partial charge is 0.481 e. The van der Waals surface area contributed by atoms with E-state index in [9.17, 15) is 14.9 Å². The number of hydrogen-bond donors (Lipinski definition) is 2. The summed E-state index contributed by atoms with van der Waals surface area (Å²) in [6, 6.07) is 19.3. The Morgan fingerprint density at radius 3 is 2.32 bits per heavy atom. The summed E-state index contributed by atoms with van der Waals surface area (Å²) in [5, 5.41) is 15.5. The van der Waals surface area contributed by atoms with Crippen LogP contribution in [0.2, 0.25) is 5.02 Å². The van der Waals surface area contributed by atoms with Gasteiger partial charge in [-0.05, 0) is 98.5 Å². The molecule has 2 amide bonds. The number of anilines is 2. The fraction of sp³-hybridized carbons (Fsp3) is 0.0800. The van der Waals surface area contributed by atoms with Crippen LogP contribution in [0.3, 0.4) is 0 Å². The van der Waals surface area contributed by atoms with Gasteiger partial charge in [0.05, 0.1) is 8.95 Å². The van der Waals surface area contributed by atoms with E-state index in [0.717, 1.165) is 11.3 Å². The van der Waals surface area contributed by atoms with Gasteiger partial charge in [-0.15, -0.1) is 0 Å². The third-order valence-corrected chi connectivity index (χ3v) is 6.00. The molecule has 0 aliphatic heterocycles. The normalized spacial score (nSPS) is 10.9. The minimum Gasteiger partial charge on any atom is -0.481 e. The fourth-order valence-electron chi connectivity index (χ4n) is 2.88. The van der Waals surface area contributed by atoms with Crippen LogP contribution in [0.1, 0.15) is 11.1 Å². The van der Waals surface area contributed by atoms with Gasteiger partial charge in [0.1, 0.15) is 17.4 Å². The molecule has 172 valence electrons. The van der Waals surface area contributed by atoms with Gasteiger partial charge < -0.3 is 15.4 Å². The van der Waals surface area contributed by atoms with Crippen molar-refractivity contribution in [1.82, 2.24) is 0 Å². The molecular weight excluding hydrogens is 586 g/mol. The van der Waals surface area contributed by atoms with Gasteiger partial charge in [0.2, 0.25) is 0 Å². The summed E-state index contributed by atoms with van der Waals surface area (Å²) < 4.78 is 6.78. The second-order valence-electron chi connectivity index (χ2n) is 7.10. The molecule has 0 spiro atoms. The second-order valence-corrected chi connectivity index (χ2v) is 9.24. The molecule has 3 aromatic carbocycles. The molecular formula is C25H18Br2ClN3O3. The van der Waals surface area contributed by atoms with E-state index in [4.69, 9.17) is 16.3 Å². The Balaban J connectivity index is 1.69. The van der Waals surface area contributed by atoms with Gasteiger partial charge in [-0.2, -0.15) is 5.26 Å². The van der Waals surface area contributed by atoms with E-state index >= 15 is 0 Å². The molecule has 0 aliphatic carbocycles. The SMILES string of the molecule is Cc1ccccc1NC(=O)COc1c(Br)cc(/C=C(/C#N)C(=O)Nc2ccc(Cl)cc2)cc1Br. The standard InChI is InChI=1S/C25H18Br2ClN3O3/c1-15-4-2-3-5-22(15)31-23(32)14-34-24-20(26)11-16(12-21(24)27)10-17(13-29)25(33)30-19-8-6-18(28)7-9-19/h2-12H,14H2,1H3,(H,30,33)(H,31,32)/b17-10-. The fourth-order valence-corrected chi connectivity index (χ4v) is 4.46. The first-order chi connectivity index (χ1) is 16.3. The van der Waals surface area contributed by atoms with Crippen LogP contribution in [-0.4, -0.2) is 18.4 Å². The molecule has 34 heavy (non-hydrogen) atoms. The Morgan fingerprint density at radius 1 is 1.06 bits per heavy atom. The van der Waals surface area contributed by atoms with Crippen LogP contribution in [-0.2, 0) is 9.59 Å². The molecule has 0 aromatic heterocycles. The first kappa shape index (κ1) is 25.5. The number of halogens is 3. The second kappa shape index (κ2) is 11.8. The van der Waals surface area contributed by atoms with Gasteiger partial charge >= 0.3 is 0 Å². The summed E-state index contributed by atoms with van der Waals surface area (Å²) in [7, 11) is 0. The maximum Gasteiger partial charge on any atom is 0.266 e. The van der Waals surface area contributed by atoms with Crippen LogP contribution in [0.5, 0.6) is 5.75 Å². The summed E-state index contributed by atoms with van der Waals surface area (Å²) in [6.07, 6.45) is 1.45. The maximum atomic E-state index is 12.5. The molecule has 0 aliphatic rings. The Hall–Kier alpha value is -3.12. The zero-order valence-electron chi connectivity index (χ0n) is 17.9. The van der Waals surface area contributed by atoms with Crippen molar-refractivity contribution in [1.29, 1.82) is 5.26 Å². The summed E-state index contributed by atoms with van der Waals surface area (Å²) in [5.41, 5.74) is 2.68. The predicted octanol–water partition coefficient (Wildman–Crippen LogP) is 6.74. The van der Waals surface area contributed by atoms with Crippen LogP contribution in [0.25, 0.3) is 6.08 Å². The van der Waals surface area contributed by atoms with E-state index in [1.807, 2.05) is 37.3 Å². The zero-order chi connectivity index (χ0) is 24.7. The number of nitrogens with one attached hydrogen (secondary N) is 2. The maximum absolute atomic E-state index is 12.5. The number of hydrogen-bond acceptors (Lipinski definition) is 4. The van der Waals surface area contributed by atoms with E-state index in [1.54, 1.807) is 36.4 Å². The van der Waals surface area contributed by atoms with E-state index < -0.39 is 5.91 Å². The van der Waals surface area contributed by atoms with Crippen LogP contribution >= 0.6 is 43.5 Å². The third-order valence-electron chi connectivity index (χ3n) is 4.57. The van der Waals surface area contributed by atoms with Gasteiger partial charge in [0, 0.05) is 16.4 Å². The van der Waals surface area contributed by atoms with E-state index in [1.165, 1.54) is 6.08 Å². The summed E-state index contributed by atoms with van der Waals surface area (Å²) >= 11 is 12.7. The lowest BCUT2D eigenvalue weighted by Crippen LogP contribution is -2.20. The van der Waals surface area contributed by atoms with Crippen molar-refractivity contribution < 1.29 is 14.3 Å². The molecule has 3 rings (SSSR count). The number of para-hydroxylation sites is 1. The Morgan fingerprint density at radius 2 is 1.71 bits per heavy atom. The van der Waals surface area contributed by atoms with Crippen molar-refractivity contribution in [2.24, 2.45) is 0 Å². The highest BCUT2D eigenvalue weighted by molar-refractivity contribution is 9.11. The van der Waals surface area contributed by atoms with Crippen molar-refractivity contribution in [3.05, 3.63) is 91.3 Å². The lowest BCUT2D eigenvalue weighted by Gasteiger charge is -2.12. The third kappa shape index (κ3) is 6.94. The van der Waals surface area contributed by atoms with Crippen molar-refractivity contribution >= 4 is 72.7 Å². The number of aryl methyl sites for hydroxylation is 1. The van der Waals surface area contributed by atoms with Crippen LogP contribution in [0.15, 0.2) is 75.2 Å². The Labute approximate surface area is 218 Å².